The molecule has 0 radical (unpaired) electrons. The van der Waals surface area contributed by atoms with Crippen LogP contribution in [0.1, 0.15) is 5.69 Å². The minimum atomic E-state index is -0.559. The number of benzene rings is 1. The lowest BCUT2D eigenvalue weighted by atomic mass is 10.2. The summed E-state index contributed by atoms with van der Waals surface area (Å²) in [6.07, 6.45) is 0. The Balaban J connectivity index is 1.88. The molecule has 2 heterocycles. The highest BCUT2D eigenvalue weighted by atomic mass is 16.2. The Labute approximate surface area is 112 Å². The summed E-state index contributed by atoms with van der Waals surface area (Å²) < 4.78 is 0. The average molecular weight is 270 g/mol. The Morgan fingerprint density at radius 3 is 2.65 bits per heavy atom. The van der Waals surface area contributed by atoms with Crippen molar-refractivity contribution in [3.63, 3.8) is 0 Å². The maximum atomic E-state index is 11.2. The average Bonchev–Trinajstić information content (AvgIpc) is 2.87. The number of hydrogen-bond acceptors (Lipinski definition) is 5. The van der Waals surface area contributed by atoms with Crippen LogP contribution in [0.5, 0.6) is 0 Å². The second-order valence-corrected chi connectivity index (χ2v) is 4.12. The highest BCUT2D eigenvalue weighted by molar-refractivity contribution is 5.52. The molecule has 0 saturated heterocycles. The molecule has 8 heteroatoms. The van der Waals surface area contributed by atoms with Gasteiger partial charge in [0.2, 0.25) is 5.82 Å². The molecule has 8 nitrogen and oxygen atoms in total. The first-order valence-corrected chi connectivity index (χ1v) is 5.86. The molecule has 0 aliphatic heterocycles. The molecular weight excluding hydrogens is 260 g/mol. The lowest BCUT2D eigenvalue weighted by Gasteiger charge is -1.98. The van der Waals surface area contributed by atoms with Crippen LogP contribution < -0.4 is 11.2 Å². The molecule has 2 aromatic heterocycles. The molecule has 3 rings (SSSR count). The summed E-state index contributed by atoms with van der Waals surface area (Å²) in [4.78, 5) is 28.3. The van der Waals surface area contributed by atoms with Crippen LogP contribution in [-0.2, 0) is 6.54 Å². The molecule has 0 atom stereocenters. The summed E-state index contributed by atoms with van der Waals surface area (Å²) in [5, 5.41) is 12.0. The van der Waals surface area contributed by atoms with Crippen LogP contribution in [0.15, 0.2) is 46.0 Å². The molecule has 0 unspecified atom stereocenters. The fourth-order valence-electron chi connectivity index (χ4n) is 1.77. The Kier molecular flexibility index (Phi) is 2.96. The quantitative estimate of drug-likeness (QED) is 0.683. The van der Waals surface area contributed by atoms with E-state index in [9.17, 15) is 9.59 Å². The first kappa shape index (κ1) is 12.0. The molecule has 0 amide bonds. The van der Waals surface area contributed by atoms with E-state index in [2.05, 4.69) is 25.4 Å². The summed E-state index contributed by atoms with van der Waals surface area (Å²) in [5.41, 5.74) is 0.233. The molecule has 20 heavy (non-hydrogen) atoms. The van der Waals surface area contributed by atoms with Gasteiger partial charge in [-0.1, -0.05) is 30.3 Å². The monoisotopic (exact) mass is 270 g/mol. The van der Waals surface area contributed by atoms with Crippen LogP contribution in [0.4, 0.5) is 0 Å². The number of aromatic nitrogens is 6. The Bertz CT molecular complexity index is 804. The van der Waals surface area contributed by atoms with Gasteiger partial charge in [0, 0.05) is 17.3 Å². The first-order chi connectivity index (χ1) is 9.70. The molecule has 1 aromatic carbocycles. The van der Waals surface area contributed by atoms with Crippen LogP contribution >= 0.6 is 0 Å². The van der Waals surface area contributed by atoms with Crippen LogP contribution in [-0.4, -0.2) is 30.2 Å². The summed E-state index contributed by atoms with van der Waals surface area (Å²) in [5.74, 6) is 0.484. The SMILES string of the molecule is O=c1cc(Cn2nnc(-c3ccccc3)n2)[nH]c(=O)[nH]1. The molecule has 100 valence electrons. The van der Waals surface area contributed by atoms with Crippen LogP contribution in [0.2, 0.25) is 0 Å². The van der Waals surface area contributed by atoms with Crippen molar-refractivity contribution >= 4 is 0 Å². The maximum Gasteiger partial charge on any atom is 0.325 e. The van der Waals surface area contributed by atoms with Crippen LogP contribution in [0.3, 0.4) is 0 Å². The van der Waals surface area contributed by atoms with Crippen molar-refractivity contribution in [1.29, 1.82) is 0 Å². The van der Waals surface area contributed by atoms with Crippen molar-refractivity contribution in [3.05, 3.63) is 62.9 Å². The van der Waals surface area contributed by atoms with Crippen LogP contribution in [0.25, 0.3) is 11.4 Å². The van der Waals surface area contributed by atoms with Gasteiger partial charge in [-0.2, -0.15) is 4.80 Å². The number of hydrogen-bond donors (Lipinski definition) is 2. The minimum absolute atomic E-state index is 0.166. The Hall–Kier alpha value is -3.03. The van der Waals surface area contributed by atoms with Gasteiger partial charge in [0.05, 0.1) is 0 Å². The van der Waals surface area contributed by atoms with Gasteiger partial charge in [-0.15, -0.1) is 10.2 Å². The zero-order chi connectivity index (χ0) is 13.9. The molecule has 0 spiro atoms. The zero-order valence-electron chi connectivity index (χ0n) is 10.3. The van der Waals surface area contributed by atoms with E-state index in [-0.39, 0.29) is 6.54 Å². The third-order valence-corrected chi connectivity index (χ3v) is 2.61. The number of H-pyrrole nitrogens is 2. The van der Waals surface area contributed by atoms with Gasteiger partial charge in [-0.3, -0.25) is 9.78 Å². The van der Waals surface area contributed by atoms with Gasteiger partial charge < -0.3 is 4.98 Å². The summed E-state index contributed by atoms with van der Waals surface area (Å²) >= 11 is 0. The standard InChI is InChI=1S/C12H10N6O2/c19-10-6-9(13-12(20)14-10)7-18-16-11(15-17-18)8-4-2-1-3-5-8/h1-6H,7H2,(H2,13,14,19,20). The second kappa shape index (κ2) is 4.92. The maximum absolute atomic E-state index is 11.2. The van der Waals surface area contributed by atoms with Gasteiger partial charge in [0.15, 0.2) is 0 Å². The van der Waals surface area contributed by atoms with E-state index in [1.54, 1.807) is 0 Å². The van der Waals surface area contributed by atoms with E-state index in [1.165, 1.54) is 10.9 Å². The molecule has 0 aliphatic rings. The van der Waals surface area contributed by atoms with Crippen molar-refractivity contribution < 1.29 is 0 Å². The lowest BCUT2D eigenvalue weighted by molar-refractivity contribution is 0.562. The van der Waals surface area contributed by atoms with Gasteiger partial charge in [0.25, 0.3) is 5.56 Å². The van der Waals surface area contributed by atoms with E-state index < -0.39 is 11.2 Å². The fraction of sp³-hybridized carbons (Fsp3) is 0.0833. The molecule has 0 fully saturated rings. The van der Waals surface area contributed by atoms with Gasteiger partial charge >= 0.3 is 5.69 Å². The number of tetrazole rings is 1. The highest BCUT2D eigenvalue weighted by Crippen LogP contribution is 2.11. The molecule has 2 N–H and O–H groups in total. The van der Waals surface area contributed by atoms with Crippen LogP contribution in [0, 0.1) is 0 Å². The predicted octanol–water partition coefficient (Wildman–Crippen LogP) is -0.235. The number of aromatic amines is 2. The van der Waals surface area contributed by atoms with E-state index in [4.69, 9.17) is 0 Å². The molecule has 0 bridgehead atoms. The largest absolute Gasteiger partial charge is 0.325 e. The molecule has 0 saturated carbocycles. The van der Waals surface area contributed by atoms with Gasteiger partial charge in [0.1, 0.15) is 6.54 Å². The third-order valence-electron chi connectivity index (χ3n) is 2.61. The van der Waals surface area contributed by atoms with Gasteiger partial charge in [-0.05, 0) is 5.21 Å². The summed E-state index contributed by atoms with van der Waals surface area (Å²) in [6, 6.07) is 10.7. The Morgan fingerprint density at radius 2 is 1.90 bits per heavy atom. The van der Waals surface area contributed by atoms with Crippen molar-refractivity contribution in [3.8, 4) is 11.4 Å². The summed E-state index contributed by atoms with van der Waals surface area (Å²) in [7, 11) is 0. The van der Waals surface area contributed by atoms with Crippen molar-refractivity contribution in [2.45, 2.75) is 6.54 Å². The molecule has 0 aliphatic carbocycles. The third kappa shape index (κ3) is 2.53. The number of nitrogens with one attached hydrogen (secondary N) is 2. The minimum Gasteiger partial charge on any atom is -0.309 e. The van der Waals surface area contributed by atoms with E-state index in [1.807, 2.05) is 30.3 Å². The topological polar surface area (TPSA) is 109 Å². The first-order valence-electron chi connectivity index (χ1n) is 5.86. The molecular formula is C12H10N6O2. The van der Waals surface area contributed by atoms with Crippen molar-refractivity contribution in [1.82, 2.24) is 30.2 Å². The predicted molar refractivity (Wildman–Crippen MR) is 70.0 cm³/mol. The number of rotatable bonds is 3. The second-order valence-electron chi connectivity index (χ2n) is 4.12. The fourth-order valence-corrected chi connectivity index (χ4v) is 1.77. The summed E-state index contributed by atoms with van der Waals surface area (Å²) in [6.45, 7) is 0.166. The smallest absolute Gasteiger partial charge is 0.309 e. The normalized spacial score (nSPS) is 10.6. The lowest BCUT2D eigenvalue weighted by Crippen LogP contribution is -2.24. The van der Waals surface area contributed by atoms with Gasteiger partial charge in [-0.25, -0.2) is 4.79 Å². The Morgan fingerprint density at radius 1 is 1.10 bits per heavy atom. The zero-order valence-corrected chi connectivity index (χ0v) is 10.3. The van der Waals surface area contributed by atoms with E-state index >= 15 is 0 Å². The van der Waals surface area contributed by atoms with E-state index in [0.29, 0.717) is 11.5 Å². The van der Waals surface area contributed by atoms with Crippen molar-refractivity contribution in [2.75, 3.05) is 0 Å². The van der Waals surface area contributed by atoms with E-state index in [0.717, 1.165) is 5.56 Å². The molecule has 3 aromatic rings. The van der Waals surface area contributed by atoms with Crippen molar-refractivity contribution in [2.24, 2.45) is 0 Å². The highest BCUT2D eigenvalue weighted by Gasteiger charge is 2.06. The number of nitrogens with zero attached hydrogens (tertiary/aromatic N) is 4.